The number of hydrogen-bond donors (Lipinski definition) is 2. The lowest BCUT2D eigenvalue weighted by Gasteiger charge is -2.27. The minimum atomic E-state index is -4.46. The summed E-state index contributed by atoms with van der Waals surface area (Å²) in [6, 6.07) is -0.860. The fourth-order valence-electron chi connectivity index (χ4n) is 9.56. The molecule has 0 radical (unpaired) electrons. The number of allylic oxidation sites excluding steroid dienone is 11. The molecule has 0 aromatic rings. The highest BCUT2D eigenvalue weighted by atomic mass is 31.2. The van der Waals surface area contributed by atoms with E-state index in [9.17, 15) is 19.0 Å². The largest absolute Gasteiger partial charge is 0.472 e. The van der Waals surface area contributed by atoms with Gasteiger partial charge in [-0.25, -0.2) is 4.57 Å². The molecule has 0 aliphatic rings. The molecule has 0 saturated heterocycles. The summed E-state index contributed by atoms with van der Waals surface area (Å²) in [5.74, 6) is -0.519. The number of likely N-dealkylation sites (N-methyl/N-ethyl adjacent to an activating group) is 1. The van der Waals surface area contributed by atoms with Gasteiger partial charge in [0.05, 0.1) is 33.8 Å². The summed E-state index contributed by atoms with van der Waals surface area (Å²) in [5, 5.41) is 3.05. The Labute approximate surface area is 489 Å². The van der Waals surface area contributed by atoms with Crippen LogP contribution in [0, 0.1) is 0 Å². The second-order valence-corrected chi connectivity index (χ2v) is 25.1. The van der Waals surface area contributed by atoms with Crippen LogP contribution in [-0.4, -0.2) is 74.3 Å². The van der Waals surface area contributed by atoms with Gasteiger partial charge in [0.15, 0.2) is 0 Å². The molecule has 0 saturated carbocycles. The van der Waals surface area contributed by atoms with Gasteiger partial charge in [-0.15, -0.1) is 0 Å². The first-order valence-corrected chi connectivity index (χ1v) is 34.8. The minimum Gasteiger partial charge on any atom is -0.456 e. The van der Waals surface area contributed by atoms with Crippen molar-refractivity contribution in [1.82, 2.24) is 5.32 Å². The highest BCUT2D eigenvalue weighted by Gasteiger charge is 2.30. The van der Waals surface area contributed by atoms with Gasteiger partial charge in [0.2, 0.25) is 5.91 Å². The van der Waals surface area contributed by atoms with Crippen LogP contribution in [0.3, 0.4) is 0 Å². The van der Waals surface area contributed by atoms with E-state index in [4.69, 9.17) is 13.8 Å². The third-order valence-corrected chi connectivity index (χ3v) is 15.6. The lowest BCUT2D eigenvalue weighted by molar-refractivity contribution is -0.870. The summed E-state index contributed by atoms with van der Waals surface area (Å²) in [5.41, 5.74) is 0. The average Bonchev–Trinajstić information content (AvgIpc) is 3.41. The monoisotopic (exact) mass is 1130 g/mol. The van der Waals surface area contributed by atoms with Gasteiger partial charge in [0.1, 0.15) is 19.3 Å². The summed E-state index contributed by atoms with van der Waals surface area (Å²) >= 11 is 0. The number of esters is 1. The number of ether oxygens (including phenoxy) is 1. The van der Waals surface area contributed by atoms with Crippen molar-refractivity contribution in [3.63, 3.8) is 0 Å². The van der Waals surface area contributed by atoms with E-state index in [1.807, 2.05) is 33.3 Å². The molecule has 0 spiro atoms. The van der Waals surface area contributed by atoms with Crippen LogP contribution in [0.4, 0.5) is 0 Å². The highest BCUT2D eigenvalue weighted by Crippen LogP contribution is 2.43. The molecular weight excluding hydrogens is 1000 g/mol. The van der Waals surface area contributed by atoms with Gasteiger partial charge >= 0.3 is 13.8 Å². The first kappa shape index (κ1) is 76.5. The zero-order valence-electron chi connectivity index (χ0n) is 52.6. The summed E-state index contributed by atoms with van der Waals surface area (Å²) in [6.45, 7) is 6.91. The predicted octanol–water partition coefficient (Wildman–Crippen LogP) is 20.8. The Morgan fingerprint density at radius 3 is 1.22 bits per heavy atom. The van der Waals surface area contributed by atoms with Crippen LogP contribution in [0.25, 0.3) is 0 Å². The molecule has 0 aromatic heterocycles. The quantitative estimate of drug-likeness (QED) is 0.0205. The molecule has 0 aliphatic carbocycles. The Kier molecular flexibility index (Phi) is 56.7. The van der Waals surface area contributed by atoms with E-state index >= 15 is 0 Å². The van der Waals surface area contributed by atoms with E-state index in [0.29, 0.717) is 17.4 Å². The number of nitrogens with one attached hydrogen (secondary N) is 1. The van der Waals surface area contributed by atoms with Crippen LogP contribution < -0.4 is 5.32 Å². The highest BCUT2D eigenvalue weighted by molar-refractivity contribution is 7.47. The third kappa shape index (κ3) is 59.9. The van der Waals surface area contributed by atoms with Crippen molar-refractivity contribution in [2.24, 2.45) is 0 Å². The Bertz CT molecular complexity index is 1580. The molecule has 0 rings (SSSR count). The molecule has 0 aliphatic heterocycles. The van der Waals surface area contributed by atoms with E-state index in [-0.39, 0.29) is 31.5 Å². The van der Waals surface area contributed by atoms with E-state index in [1.165, 1.54) is 161 Å². The molecule has 0 bridgehead atoms. The lowest BCUT2D eigenvalue weighted by atomic mass is 10.0. The minimum absolute atomic E-state index is 0.0349. The third-order valence-electron chi connectivity index (χ3n) is 14.7. The smallest absolute Gasteiger partial charge is 0.456 e. The van der Waals surface area contributed by atoms with Crippen molar-refractivity contribution >= 4 is 19.7 Å². The van der Waals surface area contributed by atoms with Crippen molar-refractivity contribution in [1.29, 1.82) is 0 Å². The maximum absolute atomic E-state index is 13.6. The average molecular weight is 1130 g/mol. The van der Waals surface area contributed by atoms with Crippen LogP contribution in [0.15, 0.2) is 72.9 Å². The van der Waals surface area contributed by atoms with Crippen molar-refractivity contribution in [2.45, 2.75) is 315 Å². The maximum Gasteiger partial charge on any atom is 0.472 e. The molecule has 10 heteroatoms. The van der Waals surface area contributed by atoms with E-state index in [0.717, 1.165) is 109 Å². The number of phosphoric ester groups is 1. The zero-order chi connectivity index (χ0) is 57.9. The number of nitrogens with zero attached hydrogens (tertiary/aromatic N) is 1. The number of unbranched alkanes of at least 4 members (excludes halogenated alkanes) is 34. The predicted molar refractivity (Wildman–Crippen MR) is 341 cm³/mol. The molecule has 1 amide bonds. The topological polar surface area (TPSA) is 111 Å². The zero-order valence-corrected chi connectivity index (χ0v) is 53.5. The van der Waals surface area contributed by atoms with Crippen LogP contribution in [0.2, 0.25) is 0 Å². The van der Waals surface area contributed by atoms with Crippen molar-refractivity contribution < 1.29 is 37.3 Å². The maximum atomic E-state index is 13.6. The van der Waals surface area contributed by atoms with Gasteiger partial charge in [-0.05, 0) is 76.7 Å². The molecule has 460 valence electrons. The molecule has 3 atom stereocenters. The fraction of sp³-hybridized carbons (Fsp3) is 0.797. The van der Waals surface area contributed by atoms with Gasteiger partial charge in [0, 0.05) is 12.8 Å². The van der Waals surface area contributed by atoms with Gasteiger partial charge in [-0.1, -0.05) is 287 Å². The van der Waals surface area contributed by atoms with E-state index in [2.05, 4.69) is 86.8 Å². The second kappa shape index (κ2) is 58.6. The number of carbonyl (C=O) groups excluding carboxylic acids is 2. The number of hydrogen-bond acceptors (Lipinski definition) is 6. The van der Waals surface area contributed by atoms with Crippen LogP contribution in [0.5, 0.6) is 0 Å². The first-order valence-electron chi connectivity index (χ1n) is 33.3. The molecule has 9 nitrogen and oxygen atoms in total. The summed E-state index contributed by atoms with van der Waals surface area (Å²) < 4.78 is 30.7. The Hall–Kier alpha value is -2.55. The van der Waals surface area contributed by atoms with E-state index in [1.54, 1.807) is 0 Å². The number of quaternary nitrogens is 1. The van der Waals surface area contributed by atoms with Crippen LogP contribution in [-0.2, 0) is 27.9 Å². The van der Waals surface area contributed by atoms with Crippen LogP contribution >= 0.6 is 7.82 Å². The first-order chi connectivity index (χ1) is 38.4. The summed E-state index contributed by atoms with van der Waals surface area (Å²) in [7, 11) is 1.48. The van der Waals surface area contributed by atoms with Gasteiger partial charge < -0.3 is 19.4 Å². The molecule has 0 fully saturated rings. The number of carbonyl (C=O) groups is 2. The van der Waals surface area contributed by atoms with Crippen molar-refractivity contribution in [3.05, 3.63) is 72.9 Å². The van der Waals surface area contributed by atoms with Crippen molar-refractivity contribution in [3.8, 4) is 0 Å². The molecule has 3 unspecified atom stereocenters. The lowest BCUT2D eigenvalue weighted by Crippen LogP contribution is -2.47. The Morgan fingerprint density at radius 2 is 0.810 bits per heavy atom. The van der Waals surface area contributed by atoms with Crippen molar-refractivity contribution in [2.75, 3.05) is 40.9 Å². The Balaban J connectivity index is 5.15. The number of amides is 1. The second-order valence-electron chi connectivity index (χ2n) is 23.6. The fourth-order valence-corrected chi connectivity index (χ4v) is 10.3. The molecule has 0 heterocycles. The number of phosphoric acid groups is 1. The van der Waals surface area contributed by atoms with Gasteiger partial charge in [0.25, 0.3) is 0 Å². The molecule has 79 heavy (non-hydrogen) atoms. The summed E-state index contributed by atoms with van der Waals surface area (Å²) in [6.07, 6.45) is 76.2. The SMILES string of the molecule is CC/C=C\C/C=C\C/C=C\C/C=C\C/C=C\CCCCCCCC(=O)NC(COP(=O)(O)OCC[N+](C)(C)C)C(/C=C/CCCCCCCCCCC)OC(=O)CCCCCCCCCCCCCCCCCCCCCCC. The van der Waals surface area contributed by atoms with E-state index < -0.39 is 20.0 Å². The van der Waals surface area contributed by atoms with Gasteiger partial charge in [-0.3, -0.25) is 18.6 Å². The summed E-state index contributed by atoms with van der Waals surface area (Å²) in [4.78, 5) is 37.8. The molecule has 2 N–H and O–H groups in total. The standard InChI is InChI=1S/C69H127N2O7P/c1-7-10-13-16-19-22-25-27-29-31-33-35-37-39-41-43-46-49-52-55-58-61-68(72)70-66(65-77-79(74,75)76-64-63-71(4,5)6)67(60-57-54-51-48-45-24-21-18-15-12-9-3)78-69(73)62-59-56-53-50-47-44-42-40-38-36-34-32-30-28-26-23-20-17-14-11-8-2/h10,13,19,22,27,29,33,35,39,41,57,60,66-67H,7-9,11-12,14-18,20-21,23-26,28,30-32,34,36-38,40,42-56,58-59,61-65H2,1-6H3,(H-,70,72,74,75)/p+1/b13-10-,22-19-,29-27-,35-33-,41-39-,60-57+. The van der Waals surface area contributed by atoms with Gasteiger partial charge in [-0.2, -0.15) is 0 Å². The molecular formula is C69H128N2O7P+. The normalized spacial score (nSPS) is 14.1. The number of rotatable bonds is 60. The molecule has 0 aromatic carbocycles. The van der Waals surface area contributed by atoms with Crippen LogP contribution in [0.1, 0.15) is 303 Å². The Morgan fingerprint density at radius 1 is 0.456 bits per heavy atom.